The number of rotatable bonds is 4. The molecule has 24 heavy (non-hydrogen) atoms. The summed E-state index contributed by atoms with van der Waals surface area (Å²) in [5.41, 5.74) is -1.07. The molecule has 1 saturated carbocycles. The fourth-order valence-electron chi connectivity index (χ4n) is 1.94. The van der Waals surface area contributed by atoms with Crippen molar-refractivity contribution in [3.63, 3.8) is 0 Å². The van der Waals surface area contributed by atoms with Crippen molar-refractivity contribution in [2.75, 3.05) is 10.6 Å². The zero-order chi connectivity index (χ0) is 17.3. The third-order valence-corrected chi connectivity index (χ3v) is 3.69. The molecule has 3 rings (SSSR count). The van der Waals surface area contributed by atoms with Gasteiger partial charge in [0.2, 0.25) is 0 Å². The molecular weight excluding hydrogens is 345 g/mol. The molecule has 1 aromatic carbocycles. The highest BCUT2D eigenvalue weighted by Gasteiger charge is 2.31. The van der Waals surface area contributed by atoms with Crippen LogP contribution in [-0.4, -0.2) is 21.9 Å². The number of nitrogens with zero attached hydrogens (tertiary/aromatic N) is 2. The average Bonchev–Trinajstić information content (AvgIpc) is 3.33. The number of hydrogen-bond acceptors (Lipinski definition) is 4. The summed E-state index contributed by atoms with van der Waals surface area (Å²) in [4.78, 5) is 20.1. The van der Waals surface area contributed by atoms with Gasteiger partial charge in [-0.15, -0.1) is 0 Å². The molecule has 2 N–H and O–H groups in total. The van der Waals surface area contributed by atoms with Crippen molar-refractivity contribution >= 4 is 29.0 Å². The topological polar surface area (TPSA) is 66.9 Å². The molecule has 0 saturated heterocycles. The summed E-state index contributed by atoms with van der Waals surface area (Å²) in [6.45, 7) is 0. The SMILES string of the molecule is O=C(Nc1cc(C(F)(F)F)ccc1Cl)c1cnc(NC2CC2)cn1. The second-order valence-corrected chi connectivity index (χ2v) is 5.76. The van der Waals surface area contributed by atoms with E-state index >= 15 is 0 Å². The predicted molar refractivity (Wildman–Crippen MR) is 83.1 cm³/mol. The number of amides is 1. The molecule has 126 valence electrons. The Balaban J connectivity index is 1.74. The zero-order valence-electron chi connectivity index (χ0n) is 12.2. The Bertz CT molecular complexity index is 760. The van der Waals surface area contributed by atoms with E-state index in [9.17, 15) is 18.0 Å². The number of hydrogen-bond donors (Lipinski definition) is 2. The first-order valence-electron chi connectivity index (χ1n) is 7.09. The summed E-state index contributed by atoms with van der Waals surface area (Å²) >= 11 is 5.84. The maximum atomic E-state index is 12.7. The third kappa shape index (κ3) is 3.94. The van der Waals surface area contributed by atoms with Crippen LogP contribution in [0.15, 0.2) is 30.6 Å². The van der Waals surface area contributed by atoms with Gasteiger partial charge in [0.15, 0.2) is 0 Å². The first kappa shape index (κ1) is 16.5. The fourth-order valence-corrected chi connectivity index (χ4v) is 2.11. The Labute approximate surface area is 140 Å². The Morgan fingerprint density at radius 2 is 1.96 bits per heavy atom. The monoisotopic (exact) mass is 356 g/mol. The van der Waals surface area contributed by atoms with E-state index in [4.69, 9.17) is 11.6 Å². The molecule has 1 aliphatic rings. The van der Waals surface area contributed by atoms with Gasteiger partial charge in [0.25, 0.3) is 5.91 Å². The Hall–Kier alpha value is -2.35. The van der Waals surface area contributed by atoms with Crippen molar-refractivity contribution < 1.29 is 18.0 Å². The molecule has 0 bridgehead atoms. The molecular formula is C15H12ClF3N4O. The Morgan fingerprint density at radius 1 is 1.21 bits per heavy atom. The van der Waals surface area contributed by atoms with Gasteiger partial charge in [-0.2, -0.15) is 13.2 Å². The van der Waals surface area contributed by atoms with Gasteiger partial charge in [0, 0.05) is 6.04 Å². The Morgan fingerprint density at radius 3 is 2.54 bits per heavy atom. The molecule has 2 aromatic rings. The molecule has 0 radical (unpaired) electrons. The van der Waals surface area contributed by atoms with E-state index in [2.05, 4.69) is 20.6 Å². The lowest BCUT2D eigenvalue weighted by Gasteiger charge is -2.11. The molecule has 1 heterocycles. The minimum absolute atomic E-state index is 0.00340. The summed E-state index contributed by atoms with van der Waals surface area (Å²) in [5.74, 6) is -0.146. The normalized spacial score (nSPS) is 14.3. The number of alkyl halides is 3. The summed E-state index contributed by atoms with van der Waals surface area (Å²) in [5, 5.41) is 5.43. The lowest BCUT2D eigenvalue weighted by molar-refractivity contribution is -0.137. The summed E-state index contributed by atoms with van der Waals surface area (Å²) in [6.07, 6.45) is 0.262. The Kier molecular flexibility index (Phi) is 4.31. The van der Waals surface area contributed by atoms with Gasteiger partial charge < -0.3 is 10.6 Å². The summed E-state index contributed by atoms with van der Waals surface area (Å²) < 4.78 is 38.2. The van der Waals surface area contributed by atoms with E-state index in [0.29, 0.717) is 11.9 Å². The minimum atomic E-state index is -4.53. The summed E-state index contributed by atoms with van der Waals surface area (Å²) in [6, 6.07) is 3.09. The van der Waals surface area contributed by atoms with Gasteiger partial charge in [-0.05, 0) is 31.0 Å². The molecule has 5 nitrogen and oxygen atoms in total. The molecule has 1 fully saturated rings. The number of carbonyl (C=O) groups excluding carboxylic acids is 1. The maximum Gasteiger partial charge on any atom is 0.416 e. The lowest BCUT2D eigenvalue weighted by atomic mass is 10.2. The number of carbonyl (C=O) groups is 1. The van der Waals surface area contributed by atoms with E-state index < -0.39 is 17.6 Å². The quantitative estimate of drug-likeness (QED) is 0.869. The fraction of sp³-hybridized carbons (Fsp3) is 0.267. The number of benzene rings is 1. The molecule has 9 heteroatoms. The highest BCUT2D eigenvalue weighted by Crippen LogP contribution is 2.34. The van der Waals surface area contributed by atoms with Crippen LogP contribution in [-0.2, 0) is 6.18 Å². The first-order valence-corrected chi connectivity index (χ1v) is 7.47. The molecule has 1 amide bonds. The molecule has 1 aromatic heterocycles. The zero-order valence-corrected chi connectivity index (χ0v) is 12.9. The predicted octanol–water partition coefficient (Wildman–Crippen LogP) is 3.98. The smallest absolute Gasteiger partial charge is 0.366 e. The number of nitrogens with one attached hydrogen (secondary N) is 2. The third-order valence-electron chi connectivity index (χ3n) is 3.36. The van der Waals surface area contributed by atoms with Crippen LogP contribution in [0.3, 0.4) is 0 Å². The second-order valence-electron chi connectivity index (χ2n) is 5.35. The van der Waals surface area contributed by atoms with Gasteiger partial charge in [0.1, 0.15) is 11.5 Å². The van der Waals surface area contributed by atoms with Crippen LogP contribution in [0, 0.1) is 0 Å². The number of anilines is 2. The molecule has 0 unspecified atom stereocenters. The highest BCUT2D eigenvalue weighted by molar-refractivity contribution is 6.33. The van der Waals surface area contributed by atoms with E-state index in [-0.39, 0.29) is 16.4 Å². The van der Waals surface area contributed by atoms with Gasteiger partial charge >= 0.3 is 6.18 Å². The maximum absolute atomic E-state index is 12.7. The van der Waals surface area contributed by atoms with Crippen molar-refractivity contribution in [3.05, 3.63) is 46.9 Å². The molecule has 1 aliphatic carbocycles. The second kappa shape index (κ2) is 6.27. The van der Waals surface area contributed by atoms with E-state index in [0.717, 1.165) is 31.0 Å². The van der Waals surface area contributed by atoms with Gasteiger partial charge in [-0.1, -0.05) is 11.6 Å². The lowest BCUT2D eigenvalue weighted by Crippen LogP contribution is -2.16. The van der Waals surface area contributed by atoms with E-state index in [1.165, 1.54) is 12.4 Å². The van der Waals surface area contributed by atoms with Gasteiger partial charge in [-0.3, -0.25) is 4.79 Å². The number of halogens is 4. The first-order chi connectivity index (χ1) is 11.3. The van der Waals surface area contributed by atoms with Crippen molar-refractivity contribution in [1.82, 2.24) is 9.97 Å². The van der Waals surface area contributed by atoms with Gasteiger partial charge in [0.05, 0.1) is 28.7 Å². The van der Waals surface area contributed by atoms with Crippen LogP contribution in [0.5, 0.6) is 0 Å². The van der Waals surface area contributed by atoms with Crippen molar-refractivity contribution in [3.8, 4) is 0 Å². The van der Waals surface area contributed by atoms with Crippen LogP contribution < -0.4 is 10.6 Å². The minimum Gasteiger partial charge on any atom is -0.366 e. The summed E-state index contributed by atoms with van der Waals surface area (Å²) in [7, 11) is 0. The van der Waals surface area contributed by atoms with Gasteiger partial charge in [-0.25, -0.2) is 9.97 Å². The van der Waals surface area contributed by atoms with Crippen LogP contribution in [0.4, 0.5) is 24.7 Å². The van der Waals surface area contributed by atoms with Crippen LogP contribution in [0.2, 0.25) is 5.02 Å². The highest BCUT2D eigenvalue weighted by atomic mass is 35.5. The van der Waals surface area contributed by atoms with Crippen molar-refractivity contribution in [2.45, 2.75) is 25.1 Å². The van der Waals surface area contributed by atoms with Crippen LogP contribution >= 0.6 is 11.6 Å². The molecule has 0 atom stereocenters. The average molecular weight is 357 g/mol. The molecule has 0 aliphatic heterocycles. The largest absolute Gasteiger partial charge is 0.416 e. The standard InChI is InChI=1S/C15H12ClF3N4O/c16-10-4-1-8(15(17,18)19)5-11(10)23-14(24)12-6-21-13(7-20-12)22-9-2-3-9/h1,4-7,9H,2-3H2,(H,21,22)(H,23,24). The number of aromatic nitrogens is 2. The molecule has 0 spiro atoms. The van der Waals surface area contributed by atoms with Crippen molar-refractivity contribution in [1.29, 1.82) is 0 Å². The van der Waals surface area contributed by atoms with Crippen LogP contribution in [0.25, 0.3) is 0 Å². The van der Waals surface area contributed by atoms with E-state index in [1.807, 2.05) is 0 Å². The van der Waals surface area contributed by atoms with E-state index in [1.54, 1.807) is 0 Å². The van der Waals surface area contributed by atoms with Crippen LogP contribution in [0.1, 0.15) is 28.9 Å². The van der Waals surface area contributed by atoms with Crippen molar-refractivity contribution in [2.24, 2.45) is 0 Å².